The van der Waals surface area contributed by atoms with E-state index < -0.39 is 36.7 Å². The first kappa shape index (κ1) is 14.6. The van der Waals surface area contributed by atoms with E-state index in [0.717, 1.165) is 6.20 Å². The van der Waals surface area contributed by atoms with Gasteiger partial charge in [-0.2, -0.15) is 4.98 Å². The fraction of sp³-hybridized carbons (Fsp3) is 0.600. The van der Waals surface area contributed by atoms with Crippen LogP contribution in [0.25, 0.3) is 0 Å². The van der Waals surface area contributed by atoms with Crippen molar-refractivity contribution in [1.29, 1.82) is 0 Å². The molecular formula is C10H16FN3O4. The van der Waals surface area contributed by atoms with Gasteiger partial charge in [-0.15, -0.1) is 0 Å². The molecular weight excluding hydrogens is 245 g/mol. The summed E-state index contributed by atoms with van der Waals surface area (Å²) in [5, 5.41) is 27.9. The van der Waals surface area contributed by atoms with E-state index in [1.54, 1.807) is 0 Å². The molecule has 0 saturated carbocycles. The van der Waals surface area contributed by atoms with Crippen LogP contribution in [0.4, 0.5) is 10.2 Å². The van der Waals surface area contributed by atoms with Crippen molar-refractivity contribution in [3.8, 4) is 0 Å². The van der Waals surface area contributed by atoms with Gasteiger partial charge in [-0.3, -0.25) is 4.57 Å². The summed E-state index contributed by atoms with van der Waals surface area (Å²) in [5.74, 6) is -0.824. The van der Waals surface area contributed by atoms with Crippen molar-refractivity contribution < 1.29 is 19.7 Å². The summed E-state index contributed by atoms with van der Waals surface area (Å²) >= 11 is 0. The summed E-state index contributed by atoms with van der Waals surface area (Å²) in [6.45, 7) is 0.969. The number of nitrogen functional groups attached to an aromatic ring is 1. The maximum Gasteiger partial charge on any atom is 0.351 e. The van der Waals surface area contributed by atoms with Gasteiger partial charge >= 0.3 is 5.69 Å². The molecule has 0 aliphatic rings. The molecule has 0 aliphatic carbocycles. The van der Waals surface area contributed by atoms with Crippen LogP contribution >= 0.6 is 0 Å². The maximum absolute atomic E-state index is 13.8. The standard InChI is InChI=1S/C10H16FN3O4/c1-5(4-15)8(16)7(11)9(17)14-3-2-6(12)13-10(14)18/h2-3,5,7-9,15-17H,4H2,1H3,(H2,12,13,18)/t5-,7-,8+,9+/m0/s1. The molecule has 7 nitrogen and oxygen atoms in total. The minimum Gasteiger partial charge on any atom is -0.396 e. The molecule has 1 aromatic heterocycles. The molecule has 0 saturated heterocycles. The van der Waals surface area contributed by atoms with Crippen molar-refractivity contribution in [2.45, 2.75) is 25.4 Å². The summed E-state index contributed by atoms with van der Waals surface area (Å²) < 4.78 is 14.4. The average molecular weight is 261 g/mol. The fourth-order valence-corrected chi connectivity index (χ4v) is 1.38. The highest BCUT2D eigenvalue weighted by Crippen LogP contribution is 2.19. The second-order valence-electron chi connectivity index (χ2n) is 4.05. The van der Waals surface area contributed by atoms with Crippen LogP contribution in [-0.2, 0) is 0 Å². The first-order valence-electron chi connectivity index (χ1n) is 5.34. The Labute approximate surface area is 102 Å². The minimum absolute atomic E-state index is 0.0527. The zero-order valence-corrected chi connectivity index (χ0v) is 9.77. The monoisotopic (exact) mass is 261 g/mol. The minimum atomic E-state index is -2.13. The number of hydrogen-bond donors (Lipinski definition) is 4. The van der Waals surface area contributed by atoms with E-state index in [2.05, 4.69) is 4.98 Å². The topological polar surface area (TPSA) is 122 Å². The van der Waals surface area contributed by atoms with Gasteiger partial charge in [-0.1, -0.05) is 6.92 Å². The number of anilines is 1. The van der Waals surface area contributed by atoms with E-state index in [1.165, 1.54) is 13.0 Å². The molecule has 1 heterocycles. The molecule has 0 bridgehead atoms. The Morgan fingerprint density at radius 3 is 2.67 bits per heavy atom. The lowest BCUT2D eigenvalue weighted by Crippen LogP contribution is -2.40. The number of nitrogens with two attached hydrogens (primary N) is 1. The maximum atomic E-state index is 13.8. The molecule has 0 unspecified atom stereocenters. The Balaban J connectivity index is 2.92. The van der Waals surface area contributed by atoms with E-state index in [-0.39, 0.29) is 5.82 Å². The summed E-state index contributed by atoms with van der Waals surface area (Å²) in [5.41, 5.74) is 4.33. The molecule has 5 N–H and O–H groups in total. The molecule has 1 rings (SSSR count). The third kappa shape index (κ3) is 3.03. The van der Waals surface area contributed by atoms with Gasteiger partial charge in [0.1, 0.15) is 5.82 Å². The first-order chi connectivity index (χ1) is 8.38. The molecule has 1 aromatic rings. The number of alkyl halides is 1. The molecule has 0 radical (unpaired) electrons. The summed E-state index contributed by atoms with van der Waals surface area (Å²) in [4.78, 5) is 14.7. The van der Waals surface area contributed by atoms with Gasteiger partial charge in [0.2, 0.25) is 0 Å². The molecule has 0 amide bonds. The smallest absolute Gasteiger partial charge is 0.351 e. The van der Waals surface area contributed by atoms with Crippen LogP contribution in [0.1, 0.15) is 13.2 Å². The van der Waals surface area contributed by atoms with Crippen LogP contribution in [0.15, 0.2) is 17.1 Å². The molecule has 0 fully saturated rings. The number of aromatic nitrogens is 2. The van der Waals surface area contributed by atoms with Gasteiger partial charge in [-0.25, -0.2) is 9.18 Å². The predicted molar refractivity (Wildman–Crippen MR) is 61.3 cm³/mol. The lowest BCUT2D eigenvalue weighted by atomic mass is 10.0. The highest BCUT2D eigenvalue weighted by molar-refractivity contribution is 5.23. The highest BCUT2D eigenvalue weighted by Gasteiger charge is 2.32. The Kier molecular flexibility index (Phi) is 4.76. The number of halogens is 1. The second kappa shape index (κ2) is 5.89. The van der Waals surface area contributed by atoms with Crippen LogP contribution in [-0.4, -0.2) is 43.8 Å². The van der Waals surface area contributed by atoms with Crippen molar-refractivity contribution >= 4 is 5.82 Å². The van der Waals surface area contributed by atoms with Gasteiger partial charge < -0.3 is 21.1 Å². The molecule has 0 aliphatic heterocycles. The van der Waals surface area contributed by atoms with E-state index in [1.807, 2.05) is 0 Å². The zero-order chi connectivity index (χ0) is 13.9. The van der Waals surface area contributed by atoms with Crippen LogP contribution < -0.4 is 11.4 Å². The normalized spacial score (nSPS) is 18.1. The van der Waals surface area contributed by atoms with Crippen LogP contribution in [0.3, 0.4) is 0 Å². The summed E-state index contributed by atoms with van der Waals surface area (Å²) in [6, 6.07) is 1.22. The molecule has 0 aromatic carbocycles. The highest BCUT2D eigenvalue weighted by atomic mass is 19.1. The quantitative estimate of drug-likeness (QED) is 0.519. The Morgan fingerprint density at radius 1 is 1.56 bits per heavy atom. The average Bonchev–Trinajstić information content (AvgIpc) is 2.35. The van der Waals surface area contributed by atoms with E-state index in [4.69, 9.17) is 10.8 Å². The van der Waals surface area contributed by atoms with Crippen LogP contribution in [0, 0.1) is 5.92 Å². The van der Waals surface area contributed by atoms with Gasteiger partial charge in [0.15, 0.2) is 12.4 Å². The lowest BCUT2D eigenvalue weighted by molar-refractivity contribution is -0.0742. The van der Waals surface area contributed by atoms with Gasteiger partial charge in [0.25, 0.3) is 0 Å². The van der Waals surface area contributed by atoms with Crippen LogP contribution in [0.2, 0.25) is 0 Å². The molecule has 8 heteroatoms. The number of nitrogens with zero attached hydrogens (tertiary/aromatic N) is 2. The molecule has 18 heavy (non-hydrogen) atoms. The SMILES string of the molecule is C[C@@H](CO)[C@@H](O)[C@H](F)[C@@H](O)n1ccc(N)nc1=O. The Hall–Kier alpha value is -1.51. The number of aliphatic hydroxyl groups is 3. The number of rotatable bonds is 5. The molecule has 0 spiro atoms. The van der Waals surface area contributed by atoms with Gasteiger partial charge in [0.05, 0.1) is 6.10 Å². The number of aliphatic hydroxyl groups excluding tert-OH is 3. The van der Waals surface area contributed by atoms with Crippen molar-refractivity contribution in [2.24, 2.45) is 5.92 Å². The van der Waals surface area contributed by atoms with Crippen molar-refractivity contribution in [3.05, 3.63) is 22.7 Å². The molecule has 4 atom stereocenters. The molecule has 102 valence electrons. The predicted octanol–water partition coefficient (Wildman–Crippen LogP) is -1.36. The zero-order valence-electron chi connectivity index (χ0n) is 9.77. The summed E-state index contributed by atoms with van der Waals surface area (Å²) in [6.07, 6.45) is -4.54. The second-order valence-corrected chi connectivity index (χ2v) is 4.05. The first-order valence-corrected chi connectivity index (χ1v) is 5.34. The van der Waals surface area contributed by atoms with Crippen molar-refractivity contribution in [2.75, 3.05) is 12.3 Å². The van der Waals surface area contributed by atoms with E-state index >= 15 is 0 Å². The Morgan fingerprint density at radius 2 is 2.17 bits per heavy atom. The van der Waals surface area contributed by atoms with Crippen LogP contribution in [0.5, 0.6) is 0 Å². The van der Waals surface area contributed by atoms with Gasteiger partial charge in [0, 0.05) is 18.7 Å². The third-order valence-electron chi connectivity index (χ3n) is 2.62. The largest absolute Gasteiger partial charge is 0.396 e. The fourth-order valence-electron chi connectivity index (χ4n) is 1.38. The van der Waals surface area contributed by atoms with Gasteiger partial charge in [-0.05, 0) is 6.07 Å². The third-order valence-corrected chi connectivity index (χ3v) is 2.62. The van der Waals surface area contributed by atoms with Crippen molar-refractivity contribution in [1.82, 2.24) is 9.55 Å². The van der Waals surface area contributed by atoms with Crippen molar-refractivity contribution in [3.63, 3.8) is 0 Å². The lowest BCUT2D eigenvalue weighted by Gasteiger charge is -2.25. The van der Waals surface area contributed by atoms with E-state index in [0.29, 0.717) is 4.57 Å². The summed E-state index contributed by atoms with van der Waals surface area (Å²) in [7, 11) is 0. The Bertz CT molecular complexity index is 453. The van der Waals surface area contributed by atoms with E-state index in [9.17, 15) is 19.4 Å². The number of hydrogen-bond acceptors (Lipinski definition) is 6.